The molecule has 1 N–H and O–H groups in total. The lowest BCUT2D eigenvalue weighted by molar-refractivity contribution is -0.0118. The van der Waals surface area contributed by atoms with Gasteiger partial charge in [0, 0.05) is 13.5 Å². The molecule has 0 aromatic carbocycles. The summed E-state index contributed by atoms with van der Waals surface area (Å²) in [5.74, 6) is -1.98. The van der Waals surface area contributed by atoms with Gasteiger partial charge in [0.1, 0.15) is 0 Å². The van der Waals surface area contributed by atoms with Crippen molar-refractivity contribution in [2.75, 3.05) is 33.2 Å². The molecular formula is C10H20F2N2. The average molecular weight is 206 g/mol. The highest BCUT2D eigenvalue weighted by Crippen LogP contribution is 2.16. The summed E-state index contributed by atoms with van der Waals surface area (Å²) in [6.07, 6.45) is 2.22. The first kappa shape index (κ1) is 11.9. The van der Waals surface area contributed by atoms with Crippen LogP contribution in [0.2, 0.25) is 0 Å². The first-order valence-electron chi connectivity index (χ1n) is 5.24. The fraction of sp³-hybridized carbons (Fsp3) is 1.00. The normalized spacial score (nSPS) is 20.4. The molecule has 0 unspecified atom stereocenters. The van der Waals surface area contributed by atoms with Crippen molar-refractivity contribution in [2.45, 2.75) is 25.7 Å². The van der Waals surface area contributed by atoms with Crippen molar-refractivity contribution < 1.29 is 8.78 Å². The molecule has 0 saturated carbocycles. The number of hydrogen-bond donors (Lipinski definition) is 1. The van der Waals surface area contributed by atoms with Crippen molar-refractivity contribution in [2.24, 2.45) is 5.92 Å². The second-order valence-electron chi connectivity index (χ2n) is 4.46. The quantitative estimate of drug-likeness (QED) is 0.751. The van der Waals surface area contributed by atoms with Gasteiger partial charge in [0.05, 0.1) is 6.54 Å². The Kier molecular flexibility index (Phi) is 4.26. The maximum atomic E-state index is 12.7. The molecule has 14 heavy (non-hydrogen) atoms. The number of piperidine rings is 1. The highest BCUT2D eigenvalue weighted by atomic mass is 19.3. The van der Waals surface area contributed by atoms with Crippen molar-refractivity contribution in [3.05, 3.63) is 0 Å². The molecule has 1 rings (SSSR count). The predicted octanol–water partition coefficient (Wildman–Crippen LogP) is 1.57. The van der Waals surface area contributed by atoms with Gasteiger partial charge in [-0.1, -0.05) is 0 Å². The van der Waals surface area contributed by atoms with Crippen molar-refractivity contribution in [1.29, 1.82) is 0 Å². The zero-order valence-electron chi connectivity index (χ0n) is 9.02. The van der Waals surface area contributed by atoms with Gasteiger partial charge in [0.2, 0.25) is 0 Å². The Labute approximate surface area is 84.7 Å². The Morgan fingerprint density at radius 2 is 1.93 bits per heavy atom. The SMILES string of the molecule is CN(CC1CCNCC1)CC(C)(F)F. The van der Waals surface area contributed by atoms with E-state index >= 15 is 0 Å². The summed E-state index contributed by atoms with van der Waals surface area (Å²) in [4.78, 5) is 1.75. The number of hydrogen-bond acceptors (Lipinski definition) is 2. The van der Waals surface area contributed by atoms with Crippen LogP contribution in [0.5, 0.6) is 0 Å². The van der Waals surface area contributed by atoms with E-state index < -0.39 is 5.92 Å². The fourth-order valence-electron chi connectivity index (χ4n) is 2.04. The van der Waals surface area contributed by atoms with E-state index in [2.05, 4.69) is 5.32 Å². The third kappa shape index (κ3) is 4.86. The van der Waals surface area contributed by atoms with Gasteiger partial charge in [-0.25, -0.2) is 8.78 Å². The molecule has 0 radical (unpaired) electrons. The predicted molar refractivity (Wildman–Crippen MR) is 53.7 cm³/mol. The number of alkyl halides is 2. The first-order valence-corrected chi connectivity index (χ1v) is 5.24. The second kappa shape index (κ2) is 5.03. The van der Waals surface area contributed by atoms with E-state index in [-0.39, 0.29) is 6.54 Å². The summed E-state index contributed by atoms with van der Waals surface area (Å²) in [6.45, 7) is 3.70. The molecule has 4 heteroatoms. The minimum atomic E-state index is -2.57. The molecule has 0 amide bonds. The maximum absolute atomic E-state index is 12.7. The van der Waals surface area contributed by atoms with Crippen LogP contribution in [-0.4, -0.2) is 44.0 Å². The van der Waals surface area contributed by atoms with E-state index in [4.69, 9.17) is 0 Å². The van der Waals surface area contributed by atoms with Crippen LogP contribution >= 0.6 is 0 Å². The molecule has 0 aromatic heterocycles. The molecule has 0 aliphatic carbocycles. The molecule has 0 spiro atoms. The van der Waals surface area contributed by atoms with Gasteiger partial charge >= 0.3 is 0 Å². The Balaban J connectivity index is 2.21. The number of halogens is 2. The van der Waals surface area contributed by atoms with Gasteiger partial charge in [-0.15, -0.1) is 0 Å². The molecule has 0 aromatic rings. The molecular weight excluding hydrogens is 186 g/mol. The Morgan fingerprint density at radius 1 is 1.36 bits per heavy atom. The van der Waals surface area contributed by atoms with Gasteiger partial charge in [-0.05, 0) is 38.9 Å². The number of nitrogens with one attached hydrogen (secondary N) is 1. The van der Waals surface area contributed by atoms with E-state index in [0.29, 0.717) is 5.92 Å². The molecule has 84 valence electrons. The molecule has 1 fully saturated rings. The fourth-order valence-corrected chi connectivity index (χ4v) is 2.04. The van der Waals surface area contributed by atoms with Gasteiger partial charge in [0.25, 0.3) is 5.92 Å². The zero-order valence-corrected chi connectivity index (χ0v) is 9.02. The lowest BCUT2D eigenvalue weighted by Crippen LogP contribution is -2.38. The minimum Gasteiger partial charge on any atom is -0.317 e. The summed E-state index contributed by atoms with van der Waals surface area (Å²) in [6, 6.07) is 0. The highest BCUT2D eigenvalue weighted by molar-refractivity contribution is 4.73. The second-order valence-corrected chi connectivity index (χ2v) is 4.46. The number of nitrogens with zero attached hydrogens (tertiary/aromatic N) is 1. The van der Waals surface area contributed by atoms with Crippen LogP contribution in [0.4, 0.5) is 8.78 Å². The lowest BCUT2D eigenvalue weighted by Gasteiger charge is -2.28. The van der Waals surface area contributed by atoms with Crippen LogP contribution in [0.3, 0.4) is 0 Å². The molecule has 0 atom stereocenters. The van der Waals surface area contributed by atoms with Crippen LogP contribution in [0.15, 0.2) is 0 Å². The van der Waals surface area contributed by atoms with E-state index in [1.165, 1.54) is 0 Å². The van der Waals surface area contributed by atoms with E-state index in [0.717, 1.165) is 39.4 Å². The smallest absolute Gasteiger partial charge is 0.257 e. The number of rotatable bonds is 4. The third-order valence-electron chi connectivity index (χ3n) is 2.58. The molecule has 1 aliphatic heterocycles. The Morgan fingerprint density at radius 3 is 2.43 bits per heavy atom. The Bertz CT molecular complexity index is 162. The van der Waals surface area contributed by atoms with Crippen LogP contribution < -0.4 is 5.32 Å². The highest BCUT2D eigenvalue weighted by Gasteiger charge is 2.25. The topological polar surface area (TPSA) is 15.3 Å². The van der Waals surface area contributed by atoms with Gasteiger partial charge in [0.15, 0.2) is 0 Å². The van der Waals surface area contributed by atoms with E-state index in [1.54, 1.807) is 11.9 Å². The van der Waals surface area contributed by atoms with E-state index in [1.807, 2.05) is 0 Å². The summed E-state index contributed by atoms with van der Waals surface area (Å²) in [5.41, 5.74) is 0. The first-order chi connectivity index (χ1) is 6.47. The largest absolute Gasteiger partial charge is 0.317 e. The summed E-state index contributed by atoms with van der Waals surface area (Å²) in [7, 11) is 1.78. The summed E-state index contributed by atoms with van der Waals surface area (Å²) < 4.78 is 25.3. The lowest BCUT2D eigenvalue weighted by atomic mass is 9.97. The van der Waals surface area contributed by atoms with Crippen molar-refractivity contribution >= 4 is 0 Å². The Hall–Kier alpha value is -0.220. The standard InChI is InChI=1S/C10H20F2N2/c1-10(11,12)8-14(2)7-9-3-5-13-6-4-9/h9,13H,3-8H2,1-2H3. The van der Waals surface area contributed by atoms with Gasteiger partial charge in [-0.2, -0.15) is 0 Å². The van der Waals surface area contributed by atoms with Gasteiger partial charge in [-0.3, -0.25) is 0 Å². The molecule has 1 heterocycles. The van der Waals surface area contributed by atoms with Gasteiger partial charge < -0.3 is 10.2 Å². The van der Waals surface area contributed by atoms with Crippen LogP contribution in [-0.2, 0) is 0 Å². The third-order valence-corrected chi connectivity index (χ3v) is 2.58. The van der Waals surface area contributed by atoms with E-state index in [9.17, 15) is 8.78 Å². The summed E-state index contributed by atoms with van der Waals surface area (Å²) >= 11 is 0. The van der Waals surface area contributed by atoms with Crippen molar-refractivity contribution in [3.8, 4) is 0 Å². The molecule has 1 aliphatic rings. The average Bonchev–Trinajstić information content (AvgIpc) is 2.02. The minimum absolute atomic E-state index is 0.128. The summed E-state index contributed by atoms with van der Waals surface area (Å²) in [5, 5.41) is 3.27. The molecule has 2 nitrogen and oxygen atoms in total. The maximum Gasteiger partial charge on any atom is 0.257 e. The van der Waals surface area contributed by atoms with Crippen LogP contribution in [0, 0.1) is 5.92 Å². The van der Waals surface area contributed by atoms with Crippen LogP contribution in [0.1, 0.15) is 19.8 Å². The van der Waals surface area contributed by atoms with Crippen molar-refractivity contribution in [1.82, 2.24) is 10.2 Å². The molecule has 1 saturated heterocycles. The monoisotopic (exact) mass is 206 g/mol. The van der Waals surface area contributed by atoms with Crippen molar-refractivity contribution in [3.63, 3.8) is 0 Å². The molecule has 0 bridgehead atoms. The van der Waals surface area contributed by atoms with Crippen LogP contribution in [0.25, 0.3) is 0 Å². The zero-order chi connectivity index (χ0) is 10.6.